The molecule has 8 nitrogen and oxygen atoms in total. The third-order valence-electron chi connectivity index (χ3n) is 9.93. The first-order valence-electron chi connectivity index (χ1n) is 21.5. The maximum atomic E-state index is 13.1. The molecular formula is C47H70O8. The number of carbonyl (C=O) groups is 4. The lowest BCUT2D eigenvalue weighted by Crippen LogP contribution is -2.27. The molecule has 0 spiro atoms. The molecule has 2 rings (SSSR count). The van der Waals surface area contributed by atoms with E-state index in [0.29, 0.717) is 11.1 Å². The monoisotopic (exact) mass is 763 g/mol. The first kappa shape index (κ1) is 47.2. The Bertz CT molecular complexity index is 1310. The van der Waals surface area contributed by atoms with E-state index in [1.54, 1.807) is 30.3 Å². The van der Waals surface area contributed by atoms with Crippen LogP contribution in [-0.2, 0) is 19.1 Å². The van der Waals surface area contributed by atoms with E-state index in [2.05, 4.69) is 13.8 Å². The van der Waals surface area contributed by atoms with Gasteiger partial charge >= 0.3 is 23.9 Å². The number of unbranched alkanes of at least 4 members (excludes halogenated alkanes) is 22. The van der Waals surface area contributed by atoms with Gasteiger partial charge in [-0.3, -0.25) is 9.59 Å². The van der Waals surface area contributed by atoms with Crippen LogP contribution in [0.4, 0.5) is 0 Å². The number of benzene rings is 2. The predicted molar refractivity (Wildman–Crippen MR) is 221 cm³/mol. The average Bonchev–Trinajstić information content (AvgIpc) is 3.19. The summed E-state index contributed by atoms with van der Waals surface area (Å²) >= 11 is 0. The minimum atomic E-state index is -1.19. The summed E-state index contributed by atoms with van der Waals surface area (Å²) in [5, 5.41) is 9.07. The smallest absolute Gasteiger partial charge is 0.343 e. The average molecular weight is 763 g/mol. The number of rotatable bonds is 33. The summed E-state index contributed by atoms with van der Waals surface area (Å²) in [6.07, 6.45) is 32.2. The Kier molecular flexibility index (Phi) is 26.9. The molecule has 0 heterocycles. The van der Waals surface area contributed by atoms with Crippen LogP contribution < -0.4 is 4.74 Å². The van der Waals surface area contributed by atoms with E-state index in [1.165, 1.54) is 146 Å². The second kappa shape index (κ2) is 31.3. The van der Waals surface area contributed by atoms with Crippen molar-refractivity contribution in [2.45, 2.75) is 168 Å². The van der Waals surface area contributed by atoms with Crippen LogP contribution in [0.3, 0.4) is 0 Å². The van der Waals surface area contributed by atoms with Crippen molar-refractivity contribution >= 4 is 30.0 Å². The van der Waals surface area contributed by atoms with Crippen LogP contribution in [0.1, 0.15) is 194 Å². The molecule has 0 saturated heterocycles. The molecule has 306 valence electrons. The van der Waals surface area contributed by atoms with Gasteiger partial charge in [0.2, 0.25) is 0 Å². The molecule has 0 fully saturated rings. The minimum Gasteiger partial charge on any atom is -0.478 e. The molecule has 8 heteroatoms. The number of aromatic carboxylic acids is 1. The summed E-state index contributed by atoms with van der Waals surface area (Å²) in [5.41, 5.74) is 1.06. The zero-order valence-corrected chi connectivity index (χ0v) is 34.0. The lowest BCUT2D eigenvalue weighted by atomic mass is 10.1. The molecule has 0 aliphatic rings. The Balaban J connectivity index is 1.82. The van der Waals surface area contributed by atoms with Crippen molar-refractivity contribution in [3.05, 3.63) is 71.3 Å². The van der Waals surface area contributed by atoms with Crippen LogP contribution >= 0.6 is 0 Å². The number of ether oxygens (including phenoxy) is 3. The molecule has 2 aromatic rings. The Morgan fingerprint density at radius 2 is 0.873 bits per heavy atom. The highest BCUT2D eigenvalue weighted by atomic mass is 16.6. The quantitative estimate of drug-likeness (QED) is 0.0331. The Morgan fingerprint density at radius 1 is 0.509 bits per heavy atom. The molecule has 0 unspecified atom stereocenters. The minimum absolute atomic E-state index is 0.0932. The summed E-state index contributed by atoms with van der Waals surface area (Å²) in [5.74, 6) is -3.86. The Hall–Kier alpha value is -3.94. The first-order chi connectivity index (χ1) is 26.8. The Labute approximate surface area is 331 Å². The maximum Gasteiger partial charge on any atom is 0.343 e. The number of carbonyl (C=O) groups excluding carboxylic acids is 3. The fraction of sp³-hybridized carbons (Fsp3) is 0.617. The molecule has 0 saturated carbocycles. The van der Waals surface area contributed by atoms with E-state index in [1.807, 2.05) is 0 Å². The van der Waals surface area contributed by atoms with Crippen LogP contribution in [0, 0.1) is 5.92 Å². The normalized spacial score (nSPS) is 11.3. The standard InChI is InChI=1S/C47H70O8/c1-3-5-7-9-11-13-15-17-19-21-23-25-37-53-46(51)43(47(52)54-38-26-24-22-20-18-16-14-12-10-8-6-4-2)36-29-39-27-30-41(31-28-39)45(50)55-42-34-32-40(33-35-42)44(48)49/h27-36,43H,3-26,37-38H2,1-2H3,(H,48,49)/b36-29+. The van der Waals surface area contributed by atoms with Crippen LogP contribution in [0.15, 0.2) is 54.6 Å². The lowest BCUT2D eigenvalue weighted by molar-refractivity contribution is -0.159. The van der Waals surface area contributed by atoms with Gasteiger partial charge in [0.05, 0.1) is 24.3 Å². The third kappa shape index (κ3) is 22.9. The molecule has 0 aliphatic heterocycles. The molecule has 0 amide bonds. The number of hydrogen-bond donors (Lipinski definition) is 1. The van der Waals surface area contributed by atoms with E-state index < -0.39 is 29.8 Å². The number of hydrogen-bond acceptors (Lipinski definition) is 7. The molecule has 55 heavy (non-hydrogen) atoms. The highest BCUT2D eigenvalue weighted by molar-refractivity contribution is 5.98. The molecule has 1 N–H and O–H groups in total. The lowest BCUT2D eigenvalue weighted by Gasteiger charge is -2.13. The third-order valence-corrected chi connectivity index (χ3v) is 9.93. The van der Waals surface area contributed by atoms with Crippen molar-refractivity contribution in [2.75, 3.05) is 13.2 Å². The maximum absolute atomic E-state index is 13.1. The summed E-state index contributed by atoms with van der Waals surface area (Å²) in [7, 11) is 0. The predicted octanol–water partition coefficient (Wildman–Crippen LogP) is 12.7. The van der Waals surface area contributed by atoms with Crippen molar-refractivity contribution < 1.29 is 38.5 Å². The number of carboxylic acids is 1. The van der Waals surface area contributed by atoms with Gasteiger partial charge in [-0.25, -0.2) is 9.59 Å². The molecule has 0 aliphatic carbocycles. The second-order valence-electron chi connectivity index (χ2n) is 14.8. The fourth-order valence-corrected chi connectivity index (χ4v) is 6.43. The first-order valence-corrected chi connectivity index (χ1v) is 21.5. The van der Waals surface area contributed by atoms with E-state index in [9.17, 15) is 19.2 Å². The molecule has 0 aromatic heterocycles. The van der Waals surface area contributed by atoms with Gasteiger partial charge in [-0.05, 0) is 54.8 Å². The summed E-state index contributed by atoms with van der Waals surface area (Å²) < 4.78 is 16.5. The van der Waals surface area contributed by atoms with Crippen molar-refractivity contribution in [2.24, 2.45) is 5.92 Å². The molecule has 0 bridgehead atoms. The van der Waals surface area contributed by atoms with Gasteiger partial charge in [-0.2, -0.15) is 0 Å². The van der Waals surface area contributed by atoms with Crippen molar-refractivity contribution in [3.8, 4) is 5.75 Å². The second-order valence-corrected chi connectivity index (χ2v) is 14.8. The SMILES string of the molecule is CCCCCCCCCCCCCCOC(=O)C(/C=C/c1ccc(C(=O)Oc2ccc(C(=O)O)cc2)cc1)C(=O)OCCCCCCCCCCCCCC. The Morgan fingerprint density at radius 3 is 1.25 bits per heavy atom. The molecular weight excluding hydrogens is 693 g/mol. The van der Waals surface area contributed by atoms with Crippen LogP contribution in [0.5, 0.6) is 5.75 Å². The molecule has 2 aromatic carbocycles. The van der Waals surface area contributed by atoms with E-state index in [0.717, 1.165) is 38.5 Å². The largest absolute Gasteiger partial charge is 0.478 e. The van der Waals surface area contributed by atoms with Gasteiger partial charge in [-0.1, -0.05) is 179 Å². The highest BCUT2D eigenvalue weighted by Gasteiger charge is 2.27. The highest BCUT2D eigenvalue weighted by Crippen LogP contribution is 2.18. The van der Waals surface area contributed by atoms with Crippen LogP contribution in [-0.4, -0.2) is 42.2 Å². The number of esters is 3. The topological polar surface area (TPSA) is 116 Å². The van der Waals surface area contributed by atoms with Gasteiger partial charge < -0.3 is 19.3 Å². The van der Waals surface area contributed by atoms with E-state index in [4.69, 9.17) is 19.3 Å². The summed E-state index contributed by atoms with van der Waals surface area (Å²) in [4.78, 5) is 50.0. The zero-order valence-electron chi connectivity index (χ0n) is 34.0. The van der Waals surface area contributed by atoms with Crippen molar-refractivity contribution in [1.29, 1.82) is 0 Å². The summed E-state index contributed by atoms with van der Waals surface area (Å²) in [6.45, 7) is 5.02. The zero-order chi connectivity index (χ0) is 39.8. The fourth-order valence-electron chi connectivity index (χ4n) is 6.43. The number of carboxylic acid groups (broad SMARTS) is 1. The van der Waals surface area contributed by atoms with Gasteiger partial charge in [0, 0.05) is 0 Å². The van der Waals surface area contributed by atoms with Gasteiger partial charge in [0.1, 0.15) is 5.75 Å². The van der Waals surface area contributed by atoms with Gasteiger partial charge in [-0.15, -0.1) is 0 Å². The van der Waals surface area contributed by atoms with Gasteiger partial charge in [0.15, 0.2) is 5.92 Å². The van der Waals surface area contributed by atoms with Crippen molar-refractivity contribution in [1.82, 2.24) is 0 Å². The van der Waals surface area contributed by atoms with Crippen LogP contribution in [0.25, 0.3) is 6.08 Å². The molecule has 0 radical (unpaired) electrons. The molecule has 0 atom stereocenters. The van der Waals surface area contributed by atoms with E-state index >= 15 is 0 Å². The van der Waals surface area contributed by atoms with Crippen LogP contribution in [0.2, 0.25) is 0 Å². The van der Waals surface area contributed by atoms with Gasteiger partial charge in [0.25, 0.3) is 0 Å². The van der Waals surface area contributed by atoms with E-state index in [-0.39, 0.29) is 24.5 Å². The van der Waals surface area contributed by atoms with Crippen molar-refractivity contribution in [3.63, 3.8) is 0 Å². The summed E-state index contributed by atoms with van der Waals surface area (Å²) in [6, 6.07) is 12.1.